The first-order valence-electron chi connectivity index (χ1n) is 6.63. The van der Waals surface area contributed by atoms with E-state index in [1.54, 1.807) is 20.3 Å². The Morgan fingerprint density at radius 3 is 2.38 bits per heavy atom. The van der Waals surface area contributed by atoms with Crippen LogP contribution in [0.4, 0.5) is 11.4 Å². The van der Waals surface area contributed by atoms with E-state index < -0.39 is 10.3 Å². The second kappa shape index (κ2) is 6.19. The van der Waals surface area contributed by atoms with E-state index in [9.17, 15) is 14.9 Å². The topological polar surface area (TPSA) is 90.7 Å². The minimum absolute atomic E-state index is 0.0236. The van der Waals surface area contributed by atoms with Crippen molar-refractivity contribution >= 4 is 17.3 Å². The standard InChI is InChI=1S/C14H18N2O5/c1-20-7-5-14(6-8-21-2)11-9-10(16(18)19)3-4-12(11)15-13(14)17/h3-4,9H,5-8H2,1-2H3,(H,15,17). The Hall–Kier alpha value is -1.99. The third kappa shape index (κ3) is 2.74. The average Bonchev–Trinajstić information content (AvgIpc) is 2.74. The number of nitrogens with zero attached hydrogens (tertiary/aromatic N) is 1. The summed E-state index contributed by atoms with van der Waals surface area (Å²) in [5.41, 5.74) is 0.408. The van der Waals surface area contributed by atoms with Crippen LogP contribution in [0, 0.1) is 10.1 Å². The molecule has 21 heavy (non-hydrogen) atoms. The van der Waals surface area contributed by atoms with E-state index in [0.717, 1.165) is 0 Å². The number of hydrogen-bond donors (Lipinski definition) is 1. The maximum atomic E-state index is 12.5. The number of nitro benzene ring substituents is 1. The molecule has 114 valence electrons. The van der Waals surface area contributed by atoms with Crippen LogP contribution in [-0.2, 0) is 19.7 Å². The molecule has 2 rings (SSSR count). The number of hydrogen-bond acceptors (Lipinski definition) is 5. The second-order valence-electron chi connectivity index (χ2n) is 5.01. The molecule has 0 aliphatic carbocycles. The molecule has 1 aromatic carbocycles. The predicted octanol–water partition coefficient (Wildman–Crippen LogP) is 1.86. The van der Waals surface area contributed by atoms with Gasteiger partial charge in [0.25, 0.3) is 5.69 Å². The first-order valence-corrected chi connectivity index (χ1v) is 6.63. The minimum atomic E-state index is -0.840. The molecule has 0 atom stereocenters. The fourth-order valence-corrected chi connectivity index (χ4v) is 2.69. The van der Waals surface area contributed by atoms with Crippen molar-refractivity contribution in [2.75, 3.05) is 32.8 Å². The van der Waals surface area contributed by atoms with Crippen LogP contribution in [0.5, 0.6) is 0 Å². The number of non-ortho nitro benzene ring substituents is 1. The molecule has 0 aromatic heterocycles. The van der Waals surface area contributed by atoms with Gasteiger partial charge in [0.15, 0.2) is 0 Å². The van der Waals surface area contributed by atoms with Gasteiger partial charge >= 0.3 is 0 Å². The molecule has 0 bridgehead atoms. The van der Waals surface area contributed by atoms with Crippen molar-refractivity contribution in [2.24, 2.45) is 0 Å². The summed E-state index contributed by atoms with van der Waals surface area (Å²) >= 11 is 0. The molecule has 0 unspecified atom stereocenters. The van der Waals surface area contributed by atoms with Gasteiger partial charge in [-0.25, -0.2) is 0 Å². The molecule has 1 aromatic rings. The molecule has 1 N–H and O–H groups in total. The molecule has 0 radical (unpaired) electrons. The lowest BCUT2D eigenvalue weighted by Gasteiger charge is -2.26. The highest BCUT2D eigenvalue weighted by Gasteiger charge is 2.46. The van der Waals surface area contributed by atoms with Crippen LogP contribution in [0.15, 0.2) is 18.2 Å². The first kappa shape index (κ1) is 15.4. The van der Waals surface area contributed by atoms with E-state index in [1.165, 1.54) is 12.1 Å². The zero-order valence-corrected chi connectivity index (χ0v) is 12.0. The number of benzene rings is 1. The van der Waals surface area contributed by atoms with Gasteiger partial charge < -0.3 is 14.8 Å². The molecule has 1 heterocycles. The van der Waals surface area contributed by atoms with Gasteiger partial charge in [-0.3, -0.25) is 14.9 Å². The number of methoxy groups -OCH3 is 2. The Morgan fingerprint density at radius 1 is 1.24 bits per heavy atom. The molecule has 1 amide bonds. The maximum Gasteiger partial charge on any atom is 0.269 e. The van der Waals surface area contributed by atoms with Crippen molar-refractivity contribution in [1.29, 1.82) is 0 Å². The van der Waals surface area contributed by atoms with Crippen molar-refractivity contribution in [2.45, 2.75) is 18.3 Å². The molecular weight excluding hydrogens is 276 g/mol. The van der Waals surface area contributed by atoms with Crippen LogP contribution in [0.25, 0.3) is 0 Å². The van der Waals surface area contributed by atoms with Crippen LogP contribution < -0.4 is 5.32 Å². The molecule has 0 spiro atoms. The van der Waals surface area contributed by atoms with E-state index in [-0.39, 0.29) is 11.6 Å². The summed E-state index contributed by atoms with van der Waals surface area (Å²) in [7, 11) is 3.12. The number of ether oxygens (including phenoxy) is 2. The summed E-state index contributed by atoms with van der Waals surface area (Å²) in [6.07, 6.45) is 0.903. The van der Waals surface area contributed by atoms with E-state index in [2.05, 4.69) is 5.32 Å². The Labute approximate surface area is 122 Å². The third-order valence-electron chi connectivity index (χ3n) is 3.88. The second-order valence-corrected chi connectivity index (χ2v) is 5.01. The minimum Gasteiger partial charge on any atom is -0.385 e. The smallest absolute Gasteiger partial charge is 0.269 e. The van der Waals surface area contributed by atoms with Crippen molar-refractivity contribution in [3.05, 3.63) is 33.9 Å². The molecule has 7 nitrogen and oxygen atoms in total. The maximum absolute atomic E-state index is 12.5. The van der Waals surface area contributed by atoms with Crippen LogP contribution in [0.1, 0.15) is 18.4 Å². The van der Waals surface area contributed by atoms with Gasteiger partial charge in [0.1, 0.15) is 0 Å². The lowest BCUT2D eigenvalue weighted by molar-refractivity contribution is -0.384. The van der Waals surface area contributed by atoms with Gasteiger partial charge in [-0.1, -0.05) is 0 Å². The highest BCUT2D eigenvalue weighted by molar-refractivity contribution is 6.06. The van der Waals surface area contributed by atoms with Gasteiger partial charge in [0, 0.05) is 45.3 Å². The molecule has 7 heteroatoms. The van der Waals surface area contributed by atoms with Crippen molar-refractivity contribution in [3.8, 4) is 0 Å². The summed E-state index contributed by atoms with van der Waals surface area (Å²) in [6, 6.07) is 4.44. The zero-order chi connectivity index (χ0) is 15.5. The van der Waals surface area contributed by atoms with Gasteiger partial charge in [-0.15, -0.1) is 0 Å². The molecule has 1 aliphatic rings. The van der Waals surface area contributed by atoms with E-state index in [4.69, 9.17) is 9.47 Å². The van der Waals surface area contributed by atoms with Crippen LogP contribution in [0.3, 0.4) is 0 Å². The monoisotopic (exact) mass is 294 g/mol. The Kier molecular flexibility index (Phi) is 4.54. The number of amides is 1. The summed E-state index contributed by atoms with van der Waals surface area (Å²) in [6.45, 7) is 0.776. The number of nitrogens with one attached hydrogen (secondary N) is 1. The summed E-state index contributed by atoms with van der Waals surface area (Å²) in [4.78, 5) is 23.0. The zero-order valence-electron chi connectivity index (χ0n) is 12.0. The van der Waals surface area contributed by atoms with Crippen LogP contribution >= 0.6 is 0 Å². The van der Waals surface area contributed by atoms with E-state index in [1.807, 2.05) is 0 Å². The van der Waals surface area contributed by atoms with Gasteiger partial charge in [-0.2, -0.15) is 0 Å². The first-order chi connectivity index (χ1) is 10.0. The van der Waals surface area contributed by atoms with Crippen molar-refractivity contribution in [3.63, 3.8) is 0 Å². The van der Waals surface area contributed by atoms with E-state index in [0.29, 0.717) is 37.3 Å². The third-order valence-corrected chi connectivity index (χ3v) is 3.88. The Morgan fingerprint density at radius 2 is 1.86 bits per heavy atom. The SMILES string of the molecule is COCCC1(CCOC)C(=O)Nc2ccc([N+](=O)[O-])cc21. The average molecular weight is 294 g/mol. The van der Waals surface area contributed by atoms with Gasteiger partial charge in [0.2, 0.25) is 5.91 Å². The number of carbonyl (C=O) groups excluding carboxylic acids is 1. The van der Waals surface area contributed by atoms with Crippen LogP contribution in [-0.4, -0.2) is 38.3 Å². The molecule has 0 saturated carbocycles. The van der Waals surface area contributed by atoms with Crippen molar-refractivity contribution in [1.82, 2.24) is 0 Å². The fourth-order valence-electron chi connectivity index (χ4n) is 2.69. The quantitative estimate of drug-likeness (QED) is 0.612. The lowest BCUT2D eigenvalue weighted by atomic mass is 9.76. The summed E-state index contributed by atoms with van der Waals surface area (Å²) < 4.78 is 10.2. The predicted molar refractivity (Wildman–Crippen MR) is 76.4 cm³/mol. The van der Waals surface area contributed by atoms with Gasteiger partial charge in [0.05, 0.1) is 10.3 Å². The summed E-state index contributed by atoms with van der Waals surface area (Å²) in [5.74, 6) is -0.160. The largest absolute Gasteiger partial charge is 0.385 e. The van der Waals surface area contributed by atoms with Crippen molar-refractivity contribution < 1.29 is 19.2 Å². The summed E-state index contributed by atoms with van der Waals surface area (Å²) in [5, 5.41) is 13.8. The van der Waals surface area contributed by atoms with Crippen LogP contribution in [0.2, 0.25) is 0 Å². The lowest BCUT2D eigenvalue weighted by Crippen LogP contribution is -2.37. The number of nitro groups is 1. The fraction of sp³-hybridized carbons (Fsp3) is 0.500. The number of carbonyl (C=O) groups is 1. The molecule has 0 fully saturated rings. The normalized spacial score (nSPS) is 15.6. The highest BCUT2D eigenvalue weighted by Crippen LogP contribution is 2.44. The molecule has 1 aliphatic heterocycles. The van der Waals surface area contributed by atoms with E-state index >= 15 is 0 Å². The Balaban J connectivity index is 2.47. The highest BCUT2D eigenvalue weighted by atomic mass is 16.6. The number of fused-ring (bicyclic) bond motifs is 1. The number of rotatable bonds is 7. The van der Waals surface area contributed by atoms with Gasteiger partial charge in [-0.05, 0) is 24.5 Å². The Bertz CT molecular complexity index is 550. The molecule has 0 saturated heterocycles. The number of anilines is 1. The molecular formula is C14H18N2O5.